The van der Waals surface area contributed by atoms with Crippen molar-refractivity contribution >= 4 is 23.1 Å². The number of aromatic nitrogens is 2. The monoisotopic (exact) mass is 366 g/mol. The topological polar surface area (TPSA) is 131 Å². The smallest absolute Gasteiger partial charge is 0.191 e. The third-order valence-corrected chi connectivity index (χ3v) is 3.80. The Bertz CT molecular complexity index is 1100. The molecule has 3 rings (SSSR count). The van der Waals surface area contributed by atoms with E-state index in [9.17, 15) is 5.21 Å². The number of fused-ring (bicyclic) bond motifs is 1. The highest BCUT2D eigenvalue weighted by molar-refractivity contribution is 5.97. The fourth-order valence-corrected chi connectivity index (χ4v) is 2.45. The molecule has 0 unspecified atom stereocenters. The van der Waals surface area contributed by atoms with E-state index < -0.39 is 0 Å². The van der Waals surface area contributed by atoms with Gasteiger partial charge in [0.25, 0.3) is 0 Å². The van der Waals surface area contributed by atoms with Crippen LogP contribution in [0, 0.1) is 5.41 Å². The third kappa shape index (κ3) is 3.56. The van der Waals surface area contributed by atoms with Crippen LogP contribution in [-0.4, -0.2) is 41.2 Å². The Labute approximate surface area is 154 Å². The quantitative estimate of drug-likeness (QED) is 0.273. The summed E-state index contributed by atoms with van der Waals surface area (Å²) in [6.45, 7) is 0. The second-order valence-corrected chi connectivity index (χ2v) is 5.45. The molecule has 27 heavy (non-hydrogen) atoms. The van der Waals surface area contributed by atoms with E-state index in [1.165, 1.54) is 6.21 Å². The van der Waals surface area contributed by atoms with E-state index in [2.05, 4.69) is 15.2 Å². The van der Waals surface area contributed by atoms with Crippen molar-refractivity contribution < 1.29 is 14.7 Å². The molecule has 0 saturated carbocycles. The largest absolute Gasteiger partial charge is 0.493 e. The Morgan fingerprint density at radius 3 is 2.67 bits per heavy atom. The Morgan fingerprint density at radius 1 is 1.19 bits per heavy atom. The van der Waals surface area contributed by atoms with E-state index in [4.69, 9.17) is 20.6 Å². The van der Waals surface area contributed by atoms with Gasteiger partial charge in [-0.1, -0.05) is 12.1 Å². The number of hydrogen-bond acceptors (Lipinski definition) is 7. The molecule has 0 fully saturated rings. The third-order valence-electron chi connectivity index (χ3n) is 3.80. The van der Waals surface area contributed by atoms with Gasteiger partial charge in [-0.25, -0.2) is 4.98 Å². The number of para-hydroxylation sites is 2. The number of nitrogens with zero attached hydrogens (tertiary/aromatic N) is 4. The van der Waals surface area contributed by atoms with Crippen molar-refractivity contribution in [2.24, 2.45) is 15.9 Å². The number of methoxy groups -OCH3 is 2. The van der Waals surface area contributed by atoms with Crippen LogP contribution in [0.4, 0.5) is 0 Å². The zero-order chi connectivity index (χ0) is 19.4. The lowest BCUT2D eigenvalue weighted by Crippen LogP contribution is -2.31. The van der Waals surface area contributed by atoms with Crippen LogP contribution in [0.2, 0.25) is 0 Å². The average Bonchev–Trinajstić information content (AvgIpc) is 2.70. The van der Waals surface area contributed by atoms with Gasteiger partial charge >= 0.3 is 0 Å². The molecule has 0 amide bonds. The van der Waals surface area contributed by atoms with E-state index in [1.807, 2.05) is 0 Å². The number of nitrogens with two attached hydrogens (primary N) is 1. The highest BCUT2D eigenvalue weighted by Gasteiger charge is 2.10. The first kappa shape index (κ1) is 17.9. The van der Waals surface area contributed by atoms with Crippen LogP contribution in [0.3, 0.4) is 0 Å². The molecule has 0 bridgehead atoms. The summed E-state index contributed by atoms with van der Waals surface area (Å²) < 4.78 is 11.1. The van der Waals surface area contributed by atoms with Gasteiger partial charge in [0.05, 0.1) is 26.0 Å². The average molecular weight is 366 g/mol. The highest BCUT2D eigenvalue weighted by Crippen LogP contribution is 2.26. The molecule has 9 nitrogen and oxygen atoms in total. The minimum atomic E-state index is -0.281. The van der Waals surface area contributed by atoms with Gasteiger partial charge in [-0.15, -0.1) is 5.10 Å². The lowest BCUT2D eigenvalue weighted by atomic mass is 10.2. The molecule has 1 aromatic heterocycles. The minimum Gasteiger partial charge on any atom is -0.493 e. The molecule has 1 heterocycles. The predicted octanol–water partition coefficient (Wildman–Crippen LogP) is 1.51. The maximum Gasteiger partial charge on any atom is 0.191 e. The van der Waals surface area contributed by atoms with Gasteiger partial charge in [-0.05, 0) is 35.9 Å². The molecule has 0 aliphatic rings. The minimum absolute atomic E-state index is 0.0284. The van der Waals surface area contributed by atoms with Gasteiger partial charge in [0, 0.05) is 0 Å². The van der Waals surface area contributed by atoms with Gasteiger partial charge in [0.15, 0.2) is 28.5 Å². The fourth-order valence-electron chi connectivity index (χ4n) is 2.45. The van der Waals surface area contributed by atoms with Crippen molar-refractivity contribution in [3.05, 3.63) is 59.2 Å². The van der Waals surface area contributed by atoms with Crippen molar-refractivity contribution in [1.29, 1.82) is 5.41 Å². The highest BCUT2D eigenvalue weighted by atomic mass is 16.5. The Balaban J connectivity index is 1.92. The Kier molecular flexibility index (Phi) is 5.02. The summed E-state index contributed by atoms with van der Waals surface area (Å²) in [6, 6.07) is 12.1. The molecule has 2 aromatic carbocycles. The molecular weight excluding hydrogens is 348 g/mol. The molecule has 138 valence electrons. The first-order chi connectivity index (χ1) is 13.0. The molecule has 3 aromatic rings. The first-order valence-corrected chi connectivity index (χ1v) is 7.89. The summed E-state index contributed by atoms with van der Waals surface area (Å²) in [5.41, 5.74) is 7.25. The summed E-state index contributed by atoms with van der Waals surface area (Å²) in [6.07, 6.45) is 1.48. The zero-order valence-electron chi connectivity index (χ0n) is 14.7. The van der Waals surface area contributed by atoms with Crippen molar-refractivity contribution in [2.75, 3.05) is 14.2 Å². The van der Waals surface area contributed by atoms with Gasteiger partial charge in [-0.2, -0.15) is 9.83 Å². The predicted molar refractivity (Wildman–Crippen MR) is 101 cm³/mol. The van der Waals surface area contributed by atoms with E-state index >= 15 is 0 Å². The maximum atomic E-state index is 10.1. The molecule has 0 atom stereocenters. The molecular formula is C18H18N6O3. The van der Waals surface area contributed by atoms with Gasteiger partial charge in [-0.3, -0.25) is 5.41 Å². The summed E-state index contributed by atoms with van der Waals surface area (Å²) in [7, 11) is 3.10. The van der Waals surface area contributed by atoms with E-state index in [0.29, 0.717) is 27.3 Å². The van der Waals surface area contributed by atoms with E-state index in [1.54, 1.807) is 56.7 Å². The molecule has 0 radical (unpaired) electrons. The normalized spacial score (nSPS) is 11.9. The van der Waals surface area contributed by atoms with Crippen LogP contribution in [0.15, 0.2) is 52.7 Å². The van der Waals surface area contributed by atoms with Crippen molar-refractivity contribution in [3.8, 4) is 11.5 Å². The summed E-state index contributed by atoms with van der Waals surface area (Å²) in [5.74, 6) is 1.07. The fraction of sp³-hybridized carbons (Fsp3) is 0.111. The molecule has 0 aliphatic heterocycles. The standard InChI is InChI=1S/C18H18N6O3/c1-26-14-8-7-11(9-15(14)27-2)10-21-23-17(19)16-18(20)24(25)13-6-4-3-5-12(13)22-16/h3-10,20,25H,1-2H3,(H2,19,23)/b20-18?,21-10-. The van der Waals surface area contributed by atoms with E-state index in [0.717, 1.165) is 5.56 Å². The van der Waals surface area contributed by atoms with Gasteiger partial charge in [0.2, 0.25) is 0 Å². The number of benzene rings is 2. The van der Waals surface area contributed by atoms with Crippen LogP contribution in [0.25, 0.3) is 11.0 Å². The van der Waals surface area contributed by atoms with Crippen molar-refractivity contribution in [2.45, 2.75) is 0 Å². The molecule has 0 aliphatic carbocycles. The number of rotatable bonds is 5. The maximum absolute atomic E-state index is 10.1. The summed E-state index contributed by atoms with van der Waals surface area (Å²) >= 11 is 0. The SMILES string of the molecule is COc1ccc(/C=N\N=C(/N)c2nc3ccccc3n(O)c2=N)cc1OC. The molecule has 0 saturated heterocycles. The van der Waals surface area contributed by atoms with Gasteiger partial charge in [0.1, 0.15) is 5.52 Å². The zero-order valence-corrected chi connectivity index (χ0v) is 14.7. The molecule has 9 heteroatoms. The second-order valence-electron chi connectivity index (χ2n) is 5.45. The lowest BCUT2D eigenvalue weighted by molar-refractivity contribution is 0.183. The van der Waals surface area contributed by atoms with Crippen molar-refractivity contribution in [3.63, 3.8) is 0 Å². The van der Waals surface area contributed by atoms with Crippen LogP contribution >= 0.6 is 0 Å². The van der Waals surface area contributed by atoms with Crippen LogP contribution in [0.5, 0.6) is 11.5 Å². The summed E-state index contributed by atoms with van der Waals surface area (Å²) in [4.78, 5) is 4.28. The van der Waals surface area contributed by atoms with Crippen LogP contribution < -0.4 is 20.7 Å². The van der Waals surface area contributed by atoms with E-state index in [-0.39, 0.29) is 17.0 Å². The van der Waals surface area contributed by atoms with Crippen LogP contribution in [-0.2, 0) is 0 Å². The number of ether oxygens (including phenoxy) is 2. The van der Waals surface area contributed by atoms with Gasteiger partial charge < -0.3 is 20.4 Å². The summed E-state index contributed by atoms with van der Waals surface area (Å²) in [5, 5.41) is 25.9. The molecule has 0 spiro atoms. The Morgan fingerprint density at radius 2 is 1.93 bits per heavy atom. The van der Waals surface area contributed by atoms with Crippen molar-refractivity contribution in [1.82, 2.24) is 9.71 Å². The number of hydrogen-bond donors (Lipinski definition) is 3. The number of nitrogens with one attached hydrogen (secondary N) is 1. The first-order valence-electron chi connectivity index (χ1n) is 7.89. The lowest BCUT2D eigenvalue weighted by Gasteiger charge is -2.07. The number of amidine groups is 1. The molecule has 4 N–H and O–H groups in total. The second kappa shape index (κ2) is 7.56. The van der Waals surface area contributed by atoms with Crippen LogP contribution in [0.1, 0.15) is 11.3 Å². The Hall–Kier alpha value is -3.88.